The van der Waals surface area contributed by atoms with Crippen molar-refractivity contribution in [1.82, 2.24) is 0 Å². The van der Waals surface area contributed by atoms with Crippen LogP contribution in [0.1, 0.15) is 5.56 Å². The summed E-state index contributed by atoms with van der Waals surface area (Å²) in [7, 11) is 0. The first-order valence-corrected chi connectivity index (χ1v) is 4.34. The summed E-state index contributed by atoms with van der Waals surface area (Å²) in [5.41, 5.74) is 6.01. The molecule has 0 saturated carbocycles. The number of aromatic hydroxyl groups is 1. The van der Waals surface area contributed by atoms with Gasteiger partial charge in [-0.15, -0.1) is 0 Å². The van der Waals surface area contributed by atoms with E-state index in [1.54, 1.807) is 6.07 Å². The van der Waals surface area contributed by atoms with Gasteiger partial charge in [0.2, 0.25) is 0 Å². The van der Waals surface area contributed by atoms with Crippen LogP contribution in [0, 0.1) is 0 Å². The number of carbonyl (C=O) groups is 1. The van der Waals surface area contributed by atoms with Gasteiger partial charge in [0.15, 0.2) is 0 Å². The average Bonchev–Trinajstić information content (AvgIpc) is 2.11. The number of hydrogen-bond donors (Lipinski definition) is 3. The van der Waals surface area contributed by atoms with E-state index in [1.165, 1.54) is 12.1 Å². The zero-order valence-electron chi connectivity index (χ0n) is 7.27. The van der Waals surface area contributed by atoms with Crippen molar-refractivity contribution in [2.75, 3.05) is 0 Å². The molecule has 0 aromatic heterocycles. The Balaban J connectivity index is 2.78. The Kier molecular flexibility index (Phi) is 3.33. The number of rotatable bonds is 3. The van der Waals surface area contributed by atoms with E-state index in [0.29, 0.717) is 5.56 Å². The van der Waals surface area contributed by atoms with E-state index in [1.807, 2.05) is 0 Å². The summed E-state index contributed by atoms with van der Waals surface area (Å²) in [6.07, 6.45) is 0.190. The fourth-order valence-corrected chi connectivity index (χ4v) is 1.22. The predicted molar refractivity (Wildman–Crippen MR) is 52.4 cm³/mol. The van der Waals surface area contributed by atoms with Crippen molar-refractivity contribution in [3.05, 3.63) is 28.8 Å². The van der Waals surface area contributed by atoms with Crippen molar-refractivity contribution < 1.29 is 15.0 Å². The summed E-state index contributed by atoms with van der Waals surface area (Å²) in [5.74, 6) is -1.09. The Bertz CT molecular complexity index is 354. The second-order valence-electron chi connectivity index (χ2n) is 2.93. The van der Waals surface area contributed by atoms with E-state index in [9.17, 15) is 4.79 Å². The van der Waals surface area contributed by atoms with Gasteiger partial charge >= 0.3 is 5.97 Å². The average molecular weight is 222 g/mol. The normalized spacial score (nSPS) is 12.4. The third-order valence-corrected chi connectivity index (χ3v) is 2.09. The second kappa shape index (κ2) is 4.30. The summed E-state index contributed by atoms with van der Waals surface area (Å²) in [5, 5.41) is 17.9. The van der Waals surface area contributed by atoms with Crippen LogP contribution in [0.25, 0.3) is 0 Å². The van der Waals surface area contributed by atoms with Crippen LogP contribution in [-0.4, -0.2) is 22.2 Å². The van der Waals surface area contributed by atoms with Gasteiger partial charge in [0, 0.05) is 0 Å². The molecule has 0 aliphatic heterocycles. The van der Waals surface area contributed by atoms with Crippen LogP contribution >= 0.6 is 11.6 Å². The molecule has 4 nitrogen and oxygen atoms in total. The van der Waals surface area contributed by atoms with Crippen LogP contribution in [0.5, 0.6) is 5.75 Å². The van der Waals surface area contributed by atoms with Crippen molar-refractivity contribution in [3.8, 4) is 5.75 Å². The van der Waals surface area contributed by atoms with E-state index >= 15 is 0 Å². The van der Waals surface area contributed by atoms with E-state index < -0.39 is 12.0 Å². The zero-order valence-corrected chi connectivity index (χ0v) is 8.03. The Morgan fingerprint density at radius 2 is 2.21 bits per heavy atom. The molecule has 0 aliphatic carbocycles. The number of benzene rings is 1. The molecule has 76 valence electrons. The van der Waals surface area contributed by atoms with Gasteiger partial charge in [-0.1, -0.05) is 17.7 Å². The first-order valence-electron chi connectivity index (χ1n) is 3.96. The fraction of sp³-hybridized carbons (Fsp3) is 0.222. The van der Waals surface area contributed by atoms with Crippen molar-refractivity contribution >= 4 is 17.6 Å². The minimum Gasteiger partial charge on any atom is -0.506 e. The summed E-state index contributed by atoms with van der Waals surface area (Å²) in [4.78, 5) is 10.4. The van der Waals surface area contributed by atoms with Gasteiger partial charge < -0.3 is 15.9 Å². The van der Waals surface area contributed by atoms with Crippen molar-refractivity contribution in [3.63, 3.8) is 0 Å². The van der Waals surface area contributed by atoms with Crippen LogP contribution in [0.3, 0.4) is 0 Å². The number of phenols is 1. The summed E-state index contributed by atoms with van der Waals surface area (Å²) in [6, 6.07) is 3.55. The third-order valence-electron chi connectivity index (χ3n) is 1.78. The van der Waals surface area contributed by atoms with Gasteiger partial charge in [0.05, 0.1) is 5.02 Å². The Labute approximate surface area is 85.9 Å². The van der Waals surface area contributed by atoms with Crippen LogP contribution in [0.4, 0.5) is 0 Å². The molecule has 0 aliphatic rings. The highest BCUT2D eigenvalue weighted by Gasteiger charge is 2.12. The number of hydrogen-bond acceptors (Lipinski definition) is 3. The highest BCUT2D eigenvalue weighted by atomic mass is 35.5. The topological polar surface area (TPSA) is 83.5 Å². The van der Waals surface area contributed by atoms with Crippen LogP contribution < -0.4 is 5.73 Å². The minimum absolute atomic E-state index is 0.0284. The molecule has 0 bridgehead atoms. The van der Waals surface area contributed by atoms with Crippen LogP contribution in [0.15, 0.2) is 18.2 Å². The van der Waals surface area contributed by atoms with Gasteiger partial charge in [-0.2, -0.15) is 0 Å². The van der Waals surface area contributed by atoms with Crippen molar-refractivity contribution in [2.24, 2.45) is 5.73 Å². The molecular weight excluding hydrogens is 212 g/mol. The molecule has 0 saturated heterocycles. The summed E-state index contributed by atoms with van der Waals surface area (Å²) >= 11 is 5.64. The van der Waals surface area contributed by atoms with E-state index in [-0.39, 0.29) is 17.2 Å². The smallest absolute Gasteiger partial charge is 0.320 e. The van der Waals surface area contributed by atoms with E-state index in [4.69, 9.17) is 27.5 Å². The largest absolute Gasteiger partial charge is 0.506 e. The maximum Gasteiger partial charge on any atom is 0.320 e. The number of phenolic OH excluding ortho intramolecular Hbond substituents is 1. The maximum absolute atomic E-state index is 10.4. The molecular formula is C9H10ClNO3. The molecule has 1 aromatic carbocycles. The van der Waals surface area contributed by atoms with E-state index in [0.717, 1.165) is 0 Å². The van der Waals surface area contributed by atoms with Gasteiger partial charge in [0.25, 0.3) is 0 Å². The monoisotopic (exact) mass is 221 g/mol. The predicted octanol–water partition coefficient (Wildman–Crippen LogP) is 1.00. The highest BCUT2D eigenvalue weighted by Crippen LogP contribution is 2.23. The van der Waals surface area contributed by atoms with Crippen molar-refractivity contribution in [2.45, 2.75) is 12.5 Å². The number of halogens is 1. The number of nitrogens with two attached hydrogens (primary N) is 1. The lowest BCUT2D eigenvalue weighted by molar-refractivity contribution is -0.138. The number of carboxylic acids is 1. The minimum atomic E-state index is -1.06. The molecule has 0 spiro atoms. The molecule has 1 rings (SSSR count). The quantitative estimate of drug-likeness (QED) is 0.711. The molecule has 14 heavy (non-hydrogen) atoms. The van der Waals surface area contributed by atoms with E-state index in [2.05, 4.69) is 0 Å². The van der Waals surface area contributed by atoms with Crippen LogP contribution in [-0.2, 0) is 11.2 Å². The number of aliphatic carboxylic acids is 1. The molecule has 0 unspecified atom stereocenters. The fourth-order valence-electron chi connectivity index (χ4n) is 1.02. The Morgan fingerprint density at radius 3 is 2.71 bits per heavy atom. The molecule has 4 N–H and O–H groups in total. The molecule has 0 amide bonds. The molecule has 0 radical (unpaired) electrons. The van der Waals surface area contributed by atoms with Crippen LogP contribution in [0.2, 0.25) is 5.02 Å². The summed E-state index contributed by atoms with van der Waals surface area (Å²) in [6.45, 7) is 0. The van der Waals surface area contributed by atoms with Gasteiger partial charge in [-0.25, -0.2) is 0 Å². The lowest BCUT2D eigenvalue weighted by atomic mass is 10.3. The lowest BCUT2D eigenvalue weighted by Crippen LogP contribution is -2.32. The second-order valence-corrected chi connectivity index (χ2v) is 3.34. The third kappa shape index (κ3) is 2.61. The molecule has 1 atom stereocenters. The van der Waals surface area contributed by atoms with Gasteiger partial charge in [-0.05, 0) is 24.1 Å². The molecule has 0 heterocycles. The first kappa shape index (κ1) is 10.8. The molecule has 5 heteroatoms. The Hall–Kier alpha value is -1.26. The lowest BCUT2D eigenvalue weighted by Gasteiger charge is -2.06. The number of carboxylic acid groups (broad SMARTS) is 1. The summed E-state index contributed by atoms with van der Waals surface area (Å²) < 4.78 is 0. The first-order chi connectivity index (χ1) is 6.50. The Morgan fingerprint density at radius 1 is 1.57 bits per heavy atom. The maximum atomic E-state index is 10.4. The zero-order chi connectivity index (χ0) is 10.7. The van der Waals surface area contributed by atoms with Gasteiger partial charge in [-0.3, -0.25) is 4.79 Å². The molecule has 0 fully saturated rings. The SMILES string of the molecule is N[C@@H](C[13c]1[13cH][13cH][13c](O)[13c](Cl)[13cH]1)C(=O)O. The van der Waals surface area contributed by atoms with Crippen molar-refractivity contribution in [1.29, 1.82) is 0 Å². The molecule has 1 aromatic rings. The highest BCUT2D eigenvalue weighted by molar-refractivity contribution is 6.32. The van der Waals surface area contributed by atoms with Gasteiger partial charge in [0.1, 0.15) is 11.8 Å². The standard InChI is InChI=1S/C9H10ClNO3/c10-6-3-5(1-2-8(6)12)4-7(11)9(13)14/h1-3,7,12H,4,11H2,(H,13,14)/t7-/m0/s1/i1+1,2+1,3+1,5+1,6+1,8+1.